The minimum Gasteiger partial charge on any atom is -0.392 e. The highest BCUT2D eigenvalue weighted by atomic mass is 16.3. The maximum Gasteiger partial charge on any atom is 0.0608 e. The van der Waals surface area contributed by atoms with Crippen molar-refractivity contribution in [1.29, 1.82) is 0 Å². The highest BCUT2D eigenvalue weighted by Gasteiger charge is 2.24. The van der Waals surface area contributed by atoms with E-state index in [2.05, 4.69) is 31.2 Å². The van der Waals surface area contributed by atoms with Gasteiger partial charge < -0.3 is 5.11 Å². The van der Waals surface area contributed by atoms with Crippen LogP contribution in [0.15, 0.2) is 24.3 Å². The van der Waals surface area contributed by atoms with Crippen molar-refractivity contribution >= 4 is 0 Å². The summed E-state index contributed by atoms with van der Waals surface area (Å²) in [7, 11) is 0. The smallest absolute Gasteiger partial charge is 0.0608 e. The van der Waals surface area contributed by atoms with Crippen LogP contribution >= 0.6 is 0 Å². The Morgan fingerprint density at radius 3 is 2.71 bits per heavy atom. The molecule has 1 aliphatic carbocycles. The van der Waals surface area contributed by atoms with Crippen molar-refractivity contribution in [2.45, 2.75) is 44.6 Å². The molecule has 1 saturated carbocycles. The Hall–Kier alpha value is -0.820. The van der Waals surface area contributed by atoms with Crippen LogP contribution in [0, 0.1) is 6.92 Å². The molecule has 0 unspecified atom stereocenters. The molecule has 0 aliphatic heterocycles. The van der Waals surface area contributed by atoms with Crippen molar-refractivity contribution in [3.8, 4) is 0 Å². The standard InChI is InChI=1S/C13H18O/c1-10-5-4-6-11(9-10)12-7-2-3-8-13(12)14/h4-6,9,12-14H,2-3,7-8H2,1H3/t12-,13-/m0/s1. The number of aliphatic hydroxyl groups is 1. The third-order valence-corrected chi connectivity index (χ3v) is 3.20. The fraction of sp³-hybridized carbons (Fsp3) is 0.538. The number of aliphatic hydroxyl groups excluding tert-OH is 1. The molecule has 1 aliphatic rings. The summed E-state index contributed by atoms with van der Waals surface area (Å²) in [6.45, 7) is 2.11. The van der Waals surface area contributed by atoms with Gasteiger partial charge in [0.25, 0.3) is 0 Å². The summed E-state index contributed by atoms with van der Waals surface area (Å²) in [4.78, 5) is 0. The zero-order valence-corrected chi connectivity index (χ0v) is 8.74. The Balaban J connectivity index is 2.20. The number of hydrogen-bond acceptors (Lipinski definition) is 1. The molecule has 1 N–H and O–H groups in total. The zero-order chi connectivity index (χ0) is 9.97. The van der Waals surface area contributed by atoms with Crippen molar-refractivity contribution in [2.75, 3.05) is 0 Å². The van der Waals surface area contributed by atoms with Gasteiger partial charge in [-0.05, 0) is 25.3 Å². The van der Waals surface area contributed by atoms with E-state index >= 15 is 0 Å². The first kappa shape index (κ1) is 9.72. The molecule has 1 heteroatoms. The summed E-state index contributed by atoms with van der Waals surface area (Å²) < 4.78 is 0. The van der Waals surface area contributed by atoms with Crippen LogP contribution in [-0.2, 0) is 0 Å². The monoisotopic (exact) mass is 190 g/mol. The van der Waals surface area contributed by atoms with Crippen LogP contribution in [0.5, 0.6) is 0 Å². The van der Waals surface area contributed by atoms with Gasteiger partial charge in [-0.25, -0.2) is 0 Å². The third kappa shape index (κ3) is 1.98. The first-order valence-electron chi connectivity index (χ1n) is 5.52. The molecule has 0 heterocycles. The van der Waals surface area contributed by atoms with Gasteiger partial charge in [0.1, 0.15) is 0 Å². The molecule has 0 saturated heterocycles. The lowest BCUT2D eigenvalue weighted by Crippen LogP contribution is -2.22. The van der Waals surface area contributed by atoms with Crippen molar-refractivity contribution < 1.29 is 5.11 Å². The molecular formula is C13H18O. The van der Waals surface area contributed by atoms with E-state index in [-0.39, 0.29) is 6.10 Å². The average molecular weight is 190 g/mol. The molecule has 0 amide bonds. The molecule has 76 valence electrons. The van der Waals surface area contributed by atoms with Crippen molar-refractivity contribution in [3.63, 3.8) is 0 Å². The van der Waals surface area contributed by atoms with Crippen LogP contribution in [0.2, 0.25) is 0 Å². The molecule has 1 nitrogen and oxygen atoms in total. The van der Waals surface area contributed by atoms with Gasteiger partial charge in [0.15, 0.2) is 0 Å². The molecular weight excluding hydrogens is 172 g/mol. The van der Waals surface area contributed by atoms with Crippen molar-refractivity contribution in [2.24, 2.45) is 0 Å². The zero-order valence-electron chi connectivity index (χ0n) is 8.74. The second-order valence-electron chi connectivity index (χ2n) is 4.37. The molecule has 0 bridgehead atoms. The number of benzene rings is 1. The number of rotatable bonds is 1. The molecule has 0 aromatic heterocycles. The lowest BCUT2D eigenvalue weighted by atomic mass is 9.81. The predicted octanol–water partition coefficient (Wildman–Crippen LogP) is 3.01. The van der Waals surface area contributed by atoms with Gasteiger partial charge in [0.2, 0.25) is 0 Å². The van der Waals surface area contributed by atoms with E-state index in [0.29, 0.717) is 5.92 Å². The molecule has 2 atom stereocenters. The van der Waals surface area contributed by atoms with E-state index in [0.717, 1.165) is 12.8 Å². The van der Waals surface area contributed by atoms with E-state index in [4.69, 9.17) is 0 Å². The van der Waals surface area contributed by atoms with E-state index in [1.807, 2.05) is 0 Å². The van der Waals surface area contributed by atoms with Crippen LogP contribution in [0.25, 0.3) is 0 Å². The number of hydrogen-bond donors (Lipinski definition) is 1. The SMILES string of the molecule is Cc1cccc([C@@H]2CCCC[C@@H]2O)c1. The maximum atomic E-state index is 9.91. The molecule has 0 radical (unpaired) electrons. The van der Waals surface area contributed by atoms with E-state index < -0.39 is 0 Å². The lowest BCUT2D eigenvalue weighted by Gasteiger charge is -2.28. The largest absolute Gasteiger partial charge is 0.392 e. The lowest BCUT2D eigenvalue weighted by molar-refractivity contribution is 0.106. The first-order valence-corrected chi connectivity index (χ1v) is 5.52. The Morgan fingerprint density at radius 2 is 2.00 bits per heavy atom. The molecule has 0 spiro atoms. The van der Waals surface area contributed by atoms with Crippen LogP contribution in [0.1, 0.15) is 42.7 Å². The summed E-state index contributed by atoms with van der Waals surface area (Å²) in [6.07, 6.45) is 4.44. The fourth-order valence-electron chi connectivity index (χ4n) is 2.40. The summed E-state index contributed by atoms with van der Waals surface area (Å²) >= 11 is 0. The topological polar surface area (TPSA) is 20.2 Å². The average Bonchev–Trinajstić information content (AvgIpc) is 2.18. The second kappa shape index (κ2) is 4.14. The van der Waals surface area contributed by atoms with E-state index in [1.165, 1.54) is 24.0 Å². The van der Waals surface area contributed by atoms with Gasteiger partial charge >= 0.3 is 0 Å². The molecule has 2 rings (SSSR count). The highest BCUT2D eigenvalue weighted by Crippen LogP contribution is 2.33. The normalized spacial score (nSPS) is 27.6. The Labute approximate surface area is 85.8 Å². The fourth-order valence-corrected chi connectivity index (χ4v) is 2.40. The first-order chi connectivity index (χ1) is 6.77. The van der Waals surface area contributed by atoms with Crippen LogP contribution in [-0.4, -0.2) is 11.2 Å². The van der Waals surface area contributed by atoms with Gasteiger partial charge in [-0.15, -0.1) is 0 Å². The van der Waals surface area contributed by atoms with Gasteiger partial charge in [-0.1, -0.05) is 42.7 Å². The van der Waals surface area contributed by atoms with Gasteiger partial charge in [-0.2, -0.15) is 0 Å². The predicted molar refractivity (Wildman–Crippen MR) is 58.4 cm³/mol. The number of aryl methyl sites for hydroxylation is 1. The van der Waals surface area contributed by atoms with Crippen molar-refractivity contribution in [3.05, 3.63) is 35.4 Å². The quantitative estimate of drug-likeness (QED) is 0.721. The second-order valence-corrected chi connectivity index (χ2v) is 4.37. The summed E-state index contributed by atoms with van der Waals surface area (Å²) in [5, 5.41) is 9.91. The Morgan fingerprint density at radius 1 is 1.21 bits per heavy atom. The Kier molecular flexibility index (Phi) is 2.87. The maximum absolute atomic E-state index is 9.91. The molecule has 14 heavy (non-hydrogen) atoms. The summed E-state index contributed by atoms with van der Waals surface area (Å²) in [5.74, 6) is 0.378. The third-order valence-electron chi connectivity index (χ3n) is 3.20. The summed E-state index contributed by atoms with van der Waals surface area (Å²) in [5.41, 5.74) is 2.61. The van der Waals surface area contributed by atoms with E-state index in [1.54, 1.807) is 0 Å². The van der Waals surface area contributed by atoms with Gasteiger partial charge in [0.05, 0.1) is 6.10 Å². The van der Waals surface area contributed by atoms with Gasteiger partial charge in [0, 0.05) is 5.92 Å². The highest BCUT2D eigenvalue weighted by molar-refractivity contribution is 5.26. The minimum absolute atomic E-state index is 0.120. The molecule has 1 fully saturated rings. The van der Waals surface area contributed by atoms with Crippen LogP contribution in [0.3, 0.4) is 0 Å². The van der Waals surface area contributed by atoms with Crippen LogP contribution < -0.4 is 0 Å². The molecule has 1 aromatic carbocycles. The van der Waals surface area contributed by atoms with Crippen molar-refractivity contribution in [1.82, 2.24) is 0 Å². The minimum atomic E-state index is -0.120. The van der Waals surface area contributed by atoms with Gasteiger partial charge in [-0.3, -0.25) is 0 Å². The summed E-state index contributed by atoms with van der Waals surface area (Å²) in [6, 6.07) is 8.55. The van der Waals surface area contributed by atoms with Crippen LogP contribution in [0.4, 0.5) is 0 Å². The Bertz CT molecular complexity index is 306. The molecule has 1 aromatic rings. The van der Waals surface area contributed by atoms with E-state index in [9.17, 15) is 5.11 Å².